The minimum absolute atomic E-state index is 0.230. The van der Waals surface area contributed by atoms with E-state index in [9.17, 15) is 4.79 Å². The lowest BCUT2D eigenvalue weighted by Gasteiger charge is -2.40. The largest absolute Gasteiger partial charge is 0.496 e. The Kier molecular flexibility index (Phi) is 5.33. The van der Waals surface area contributed by atoms with Crippen LogP contribution in [0.15, 0.2) is 12.1 Å². The van der Waals surface area contributed by atoms with Crippen LogP contribution in [0.3, 0.4) is 0 Å². The zero-order valence-corrected chi connectivity index (χ0v) is 17.4. The third kappa shape index (κ3) is 4.33. The first-order valence-corrected chi connectivity index (χ1v) is 9.98. The molecule has 0 aliphatic heterocycles. The number of carbonyl (C=O) groups is 1. The van der Waals surface area contributed by atoms with Crippen molar-refractivity contribution in [2.24, 2.45) is 16.7 Å². The van der Waals surface area contributed by atoms with E-state index in [0.717, 1.165) is 22.9 Å². The number of benzene rings is 1. The van der Waals surface area contributed by atoms with E-state index in [2.05, 4.69) is 26.1 Å². The number of nitrogens with two attached hydrogens (primary N) is 1. The van der Waals surface area contributed by atoms with Gasteiger partial charge in [0.1, 0.15) is 5.75 Å². The molecule has 0 saturated heterocycles. The number of carbonyl (C=O) groups excluding carboxylic acids is 1. The van der Waals surface area contributed by atoms with Crippen molar-refractivity contribution in [1.82, 2.24) is 0 Å². The van der Waals surface area contributed by atoms with Crippen molar-refractivity contribution in [1.29, 1.82) is 0 Å². The second-order valence-electron chi connectivity index (χ2n) is 9.45. The van der Waals surface area contributed by atoms with E-state index < -0.39 is 0 Å². The van der Waals surface area contributed by atoms with Gasteiger partial charge in [-0.25, -0.2) is 0 Å². The van der Waals surface area contributed by atoms with Crippen molar-refractivity contribution < 1.29 is 14.3 Å². The first-order chi connectivity index (χ1) is 12.7. The summed E-state index contributed by atoms with van der Waals surface area (Å²) in [7, 11) is 3.06. The van der Waals surface area contributed by atoms with Crippen LogP contribution in [0.2, 0.25) is 0 Å². The molecule has 150 valence electrons. The molecule has 1 aromatic rings. The molecule has 27 heavy (non-hydrogen) atoms. The monoisotopic (exact) mass is 374 g/mol. The lowest BCUT2D eigenvalue weighted by atomic mass is 9.66. The molecular weight excluding hydrogens is 340 g/mol. The standard InChI is InChI=1S/C22H34N2O3/c1-14-10-21(2,3)13-22(11-14)12-19(22)24-17-9-18(26-4)15(8-16(17)23)6-7-20(25)27-5/h8-9,14,19,24H,6-7,10-13,23H2,1-5H3/t14-,19?,22?/m1/s1. The third-order valence-electron chi connectivity index (χ3n) is 6.28. The van der Waals surface area contributed by atoms with Crippen molar-refractivity contribution in [2.45, 2.75) is 65.3 Å². The molecule has 5 heteroatoms. The summed E-state index contributed by atoms with van der Waals surface area (Å²) in [5, 5.41) is 3.68. The molecule has 0 bridgehead atoms. The van der Waals surface area contributed by atoms with E-state index in [-0.39, 0.29) is 5.97 Å². The SMILES string of the molecule is COC(=O)CCc1cc(N)c(NC2CC23C[C@H](C)CC(C)(C)C3)cc1OC. The average molecular weight is 375 g/mol. The van der Waals surface area contributed by atoms with E-state index in [4.69, 9.17) is 15.2 Å². The Morgan fingerprint density at radius 2 is 2.00 bits per heavy atom. The molecule has 0 radical (unpaired) electrons. The second kappa shape index (κ2) is 7.25. The molecule has 2 saturated carbocycles. The summed E-state index contributed by atoms with van der Waals surface area (Å²) in [6, 6.07) is 4.38. The molecule has 3 atom stereocenters. The minimum atomic E-state index is -0.230. The predicted molar refractivity (Wildman–Crippen MR) is 109 cm³/mol. The van der Waals surface area contributed by atoms with E-state index >= 15 is 0 Å². The van der Waals surface area contributed by atoms with Gasteiger partial charge in [0, 0.05) is 18.5 Å². The van der Waals surface area contributed by atoms with E-state index in [1.807, 2.05) is 12.1 Å². The fraction of sp³-hybridized carbons (Fsp3) is 0.682. The Bertz CT molecular complexity index is 716. The van der Waals surface area contributed by atoms with Crippen LogP contribution in [0.4, 0.5) is 11.4 Å². The van der Waals surface area contributed by atoms with Gasteiger partial charge in [0.15, 0.2) is 0 Å². The van der Waals surface area contributed by atoms with Gasteiger partial charge in [-0.05, 0) is 60.5 Å². The lowest BCUT2D eigenvalue weighted by Crippen LogP contribution is -2.32. The van der Waals surface area contributed by atoms with Crippen LogP contribution >= 0.6 is 0 Å². The Labute approximate surface area is 163 Å². The van der Waals surface area contributed by atoms with E-state index in [1.165, 1.54) is 32.8 Å². The third-order valence-corrected chi connectivity index (χ3v) is 6.28. The summed E-state index contributed by atoms with van der Waals surface area (Å²) < 4.78 is 10.3. The van der Waals surface area contributed by atoms with Crippen LogP contribution in [0.5, 0.6) is 5.75 Å². The zero-order chi connectivity index (χ0) is 19.8. The Balaban J connectivity index is 1.72. The van der Waals surface area contributed by atoms with Gasteiger partial charge in [0.25, 0.3) is 0 Å². The number of nitrogen functional groups attached to an aromatic ring is 1. The smallest absolute Gasteiger partial charge is 0.305 e. The lowest BCUT2D eigenvalue weighted by molar-refractivity contribution is -0.140. The predicted octanol–water partition coefficient (Wildman–Crippen LogP) is 4.40. The fourth-order valence-electron chi connectivity index (χ4n) is 5.46. The average Bonchev–Trinajstić information content (AvgIpc) is 3.21. The molecule has 2 aliphatic rings. The van der Waals surface area contributed by atoms with Crippen molar-refractivity contribution in [3.8, 4) is 5.75 Å². The van der Waals surface area contributed by atoms with Crippen LogP contribution in [0, 0.1) is 16.7 Å². The van der Waals surface area contributed by atoms with Crippen molar-refractivity contribution in [2.75, 3.05) is 25.3 Å². The molecule has 2 aliphatic carbocycles. The second-order valence-corrected chi connectivity index (χ2v) is 9.45. The number of methoxy groups -OCH3 is 2. The fourth-order valence-corrected chi connectivity index (χ4v) is 5.46. The van der Waals surface area contributed by atoms with E-state index in [1.54, 1.807) is 7.11 Å². The molecule has 0 amide bonds. The van der Waals surface area contributed by atoms with Crippen molar-refractivity contribution >= 4 is 17.3 Å². The number of esters is 1. The van der Waals surface area contributed by atoms with Crippen LogP contribution in [-0.4, -0.2) is 26.2 Å². The van der Waals surface area contributed by atoms with Crippen LogP contribution < -0.4 is 15.8 Å². The molecule has 1 spiro atoms. The number of hydrogen-bond donors (Lipinski definition) is 2. The van der Waals surface area contributed by atoms with Crippen LogP contribution in [-0.2, 0) is 16.0 Å². The Morgan fingerprint density at radius 1 is 1.26 bits per heavy atom. The van der Waals surface area contributed by atoms with Gasteiger partial charge in [0.05, 0.1) is 25.6 Å². The number of hydrogen-bond acceptors (Lipinski definition) is 5. The Hall–Kier alpha value is -1.91. The van der Waals surface area contributed by atoms with Gasteiger partial charge in [-0.3, -0.25) is 4.79 Å². The van der Waals surface area contributed by atoms with Gasteiger partial charge in [-0.2, -0.15) is 0 Å². The topological polar surface area (TPSA) is 73.6 Å². The summed E-state index contributed by atoms with van der Waals surface area (Å²) in [5.41, 5.74) is 9.72. The quantitative estimate of drug-likeness (QED) is 0.570. The molecule has 0 aromatic heterocycles. The highest BCUT2D eigenvalue weighted by molar-refractivity contribution is 5.73. The molecule has 0 heterocycles. The van der Waals surface area contributed by atoms with Crippen molar-refractivity contribution in [3.05, 3.63) is 17.7 Å². The van der Waals surface area contributed by atoms with Gasteiger partial charge >= 0.3 is 5.97 Å². The number of rotatable bonds is 6. The highest BCUT2D eigenvalue weighted by Gasteiger charge is 2.58. The minimum Gasteiger partial charge on any atom is -0.496 e. The number of nitrogens with one attached hydrogen (secondary N) is 1. The molecule has 1 aromatic carbocycles. The zero-order valence-electron chi connectivity index (χ0n) is 17.4. The maximum absolute atomic E-state index is 11.4. The molecular formula is C22H34N2O3. The summed E-state index contributed by atoms with van der Waals surface area (Å²) in [4.78, 5) is 11.4. The summed E-state index contributed by atoms with van der Waals surface area (Å²) in [5.74, 6) is 1.31. The molecule has 5 nitrogen and oxygen atoms in total. The number of aryl methyl sites for hydroxylation is 1. The van der Waals surface area contributed by atoms with Gasteiger partial charge in [0.2, 0.25) is 0 Å². The highest BCUT2D eigenvalue weighted by atomic mass is 16.5. The maximum atomic E-state index is 11.4. The van der Waals surface area contributed by atoms with E-state index in [0.29, 0.717) is 35.4 Å². The Morgan fingerprint density at radius 3 is 2.63 bits per heavy atom. The van der Waals surface area contributed by atoms with Gasteiger partial charge in [-0.15, -0.1) is 0 Å². The first kappa shape index (κ1) is 19.8. The summed E-state index contributed by atoms with van der Waals surface area (Å²) in [6.07, 6.45) is 5.97. The maximum Gasteiger partial charge on any atom is 0.305 e. The molecule has 2 unspecified atom stereocenters. The van der Waals surface area contributed by atoms with Crippen LogP contribution in [0.1, 0.15) is 58.4 Å². The van der Waals surface area contributed by atoms with Crippen LogP contribution in [0.25, 0.3) is 0 Å². The molecule has 3 N–H and O–H groups in total. The molecule has 2 fully saturated rings. The first-order valence-electron chi connectivity index (χ1n) is 9.98. The summed E-state index contributed by atoms with van der Waals surface area (Å²) in [6.45, 7) is 7.17. The van der Waals surface area contributed by atoms with Gasteiger partial charge < -0.3 is 20.5 Å². The number of anilines is 2. The van der Waals surface area contributed by atoms with Gasteiger partial charge in [-0.1, -0.05) is 20.8 Å². The summed E-state index contributed by atoms with van der Waals surface area (Å²) >= 11 is 0. The number of ether oxygens (including phenoxy) is 2. The van der Waals surface area contributed by atoms with Crippen molar-refractivity contribution in [3.63, 3.8) is 0 Å². The molecule has 3 rings (SSSR count). The normalized spacial score (nSPS) is 28.6. The highest BCUT2D eigenvalue weighted by Crippen LogP contribution is 2.63.